The lowest BCUT2D eigenvalue weighted by atomic mass is 10.3. The number of rotatable bonds is 4. The van der Waals surface area contributed by atoms with E-state index in [-0.39, 0.29) is 0 Å². The molecular formula is C5H12NO2S. The third kappa shape index (κ3) is 7.91. The summed E-state index contributed by atoms with van der Waals surface area (Å²) in [5.74, 6) is 0. The molecule has 1 radical (unpaired) electrons. The highest BCUT2D eigenvalue weighted by molar-refractivity contribution is 7.90. The lowest BCUT2D eigenvalue weighted by Gasteiger charge is -1.97. The van der Waals surface area contributed by atoms with Crippen molar-refractivity contribution in [1.82, 2.24) is 4.72 Å². The maximum absolute atomic E-state index is 10.3. The van der Waals surface area contributed by atoms with Crippen molar-refractivity contribution >= 4 is 10.0 Å². The second-order valence-electron chi connectivity index (χ2n) is 1.86. The number of hydrogen-bond donors (Lipinski definition) is 1. The number of hydrogen-bond acceptors (Lipinski definition) is 2. The fourth-order valence-electron chi connectivity index (χ4n) is 0.404. The summed E-state index contributed by atoms with van der Waals surface area (Å²) in [6.07, 6.45) is 4.76. The number of nitrogens with one attached hydrogen (secondary N) is 1. The van der Waals surface area contributed by atoms with E-state index in [4.69, 9.17) is 0 Å². The van der Waals surface area contributed by atoms with E-state index in [1.807, 2.05) is 6.92 Å². The molecule has 0 aliphatic carbocycles. The summed E-state index contributed by atoms with van der Waals surface area (Å²) in [5.41, 5.74) is 0. The molecule has 1 N–H and O–H groups in total. The zero-order chi connectivity index (χ0) is 7.33. The molecule has 0 amide bonds. The van der Waals surface area contributed by atoms with Crippen molar-refractivity contribution in [3.8, 4) is 0 Å². The smallest absolute Gasteiger partial charge is 0.212 e. The zero-order valence-electron chi connectivity index (χ0n) is 5.55. The fraction of sp³-hybridized carbons (Fsp3) is 0.800. The molecule has 0 aromatic rings. The number of sulfonamides is 1. The van der Waals surface area contributed by atoms with Crippen molar-refractivity contribution in [1.29, 1.82) is 0 Å². The Morgan fingerprint density at radius 1 is 1.56 bits per heavy atom. The van der Waals surface area contributed by atoms with E-state index in [2.05, 4.69) is 11.0 Å². The summed E-state index contributed by atoms with van der Waals surface area (Å²) in [6.45, 7) is 2.50. The lowest BCUT2D eigenvalue weighted by Crippen LogP contribution is -2.21. The van der Waals surface area contributed by atoms with Crippen LogP contribution in [0.1, 0.15) is 19.8 Å². The Morgan fingerprint density at radius 3 is 2.44 bits per heavy atom. The molecule has 0 saturated heterocycles. The van der Waals surface area contributed by atoms with Gasteiger partial charge in [-0.05, 0) is 6.42 Å². The second-order valence-corrected chi connectivity index (χ2v) is 3.38. The first-order valence-electron chi connectivity index (χ1n) is 2.89. The zero-order valence-corrected chi connectivity index (χ0v) is 6.37. The summed E-state index contributed by atoms with van der Waals surface area (Å²) < 4.78 is 22.9. The molecule has 0 spiro atoms. The van der Waals surface area contributed by atoms with Crippen molar-refractivity contribution in [2.45, 2.75) is 19.8 Å². The van der Waals surface area contributed by atoms with Crippen LogP contribution in [-0.2, 0) is 10.0 Å². The summed E-state index contributed by atoms with van der Waals surface area (Å²) in [6, 6.07) is 0. The van der Waals surface area contributed by atoms with Crippen molar-refractivity contribution in [2.75, 3.05) is 6.54 Å². The minimum atomic E-state index is -3.20. The monoisotopic (exact) mass is 150 g/mol. The molecule has 0 rings (SSSR count). The molecule has 0 aliphatic rings. The molecule has 9 heavy (non-hydrogen) atoms. The molecule has 0 heterocycles. The number of unbranched alkanes of at least 4 members (excludes halogenated alkanes) is 1. The lowest BCUT2D eigenvalue weighted by molar-refractivity contribution is 0.587. The summed E-state index contributed by atoms with van der Waals surface area (Å²) >= 11 is 0. The first-order chi connectivity index (χ1) is 4.06. The molecule has 55 valence electrons. The largest absolute Gasteiger partial charge is 0.215 e. The Labute approximate surface area is 56.5 Å². The van der Waals surface area contributed by atoms with Gasteiger partial charge < -0.3 is 0 Å². The van der Waals surface area contributed by atoms with Gasteiger partial charge in [-0.1, -0.05) is 13.3 Å². The average Bonchev–Trinajstić information content (AvgIpc) is 1.63. The molecular weight excluding hydrogens is 138 g/mol. The summed E-state index contributed by atoms with van der Waals surface area (Å²) in [7, 11) is -3.20. The minimum absolute atomic E-state index is 0.502. The highest BCUT2D eigenvalue weighted by atomic mass is 32.2. The normalized spacial score (nSPS) is 11.8. The Kier molecular flexibility index (Phi) is 3.81. The highest BCUT2D eigenvalue weighted by Gasteiger charge is 1.96. The van der Waals surface area contributed by atoms with Gasteiger partial charge in [0.25, 0.3) is 0 Å². The summed E-state index contributed by atoms with van der Waals surface area (Å²) in [4.78, 5) is 0. The Balaban J connectivity index is 3.30. The maximum atomic E-state index is 10.3. The third-order valence-electron chi connectivity index (χ3n) is 0.852. The fourth-order valence-corrected chi connectivity index (χ4v) is 0.860. The van der Waals surface area contributed by atoms with Crippen LogP contribution in [0.3, 0.4) is 0 Å². The molecule has 0 bridgehead atoms. The van der Waals surface area contributed by atoms with Gasteiger partial charge >= 0.3 is 0 Å². The molecule has 3 nitrogen and oxygen atoms in total. The van der Waals surface area contributed by atoms with E-state index in [0.29, 0.717) is 6.54 Å². The first-order valence-corrected chi connectivity index (χ1v) is 4.54. The molecule has 0 unspecified atom stereocenters. The van der Waals surface area contributed by atoms with Crippen LogP contribution in [0, 0.1) is 6.26 Å². The molecule has 4 heteroatoms. The van der Waals surface area contributed by atoms with E-state index in [1.165, 1.54) is 0 Å². The highest BCUT2D eigenvalue weighted by Crippen LogP contribution is 1.84. The molecule has 0 aromatic heterocycles. The van der Waals surface area contributed by atoms with Crippen LogP contribution in [-0.4, -0.2) is 15.0 Å². The molecule has 0 aliphatic heterocycles. The van der Waals surface area contributed by atoms with Crippen molar-refractivity contribution in [3.63, 3.8) is 0 Å². The quantitative estimate of drug-likeness (QED) is 0.593. The van der Waals surface area contributed by atoms with E-state index in [1.54, 1.807) is 0 Å². The van der Waals surface area contributed by atoms with Crippen molar-refractivity contribution in [3.05, 3.63) is 6.26 Å². The van der Waals surface area contributed by atoms with Crippen LogP contribution < -0.4 is 4.72 Å². The van der Waals surface area contributed by atoms with Gasteiger partial charge in [0.1, 0.15) is 0 Å². The predicted octanol–water partition coefficient (Wildman–Crippen LogP) is 0.497. The SMILES string of the molecule is [CH2]S(=O)(=O)NCCCC. The van der Waals surface area contributed by atoms with Gasteiger partial charge in [-0.25, -0.2) is 13.1 Å². The van der Waals surface area contributed by atoms with Crippen LogP contribution in [0.2, 0.25) is 0 Å². The van der Waals surface area contributed by atoms with E-state index in [0.717, 1.165) is 12.8 Å². The van der Waals surface area contributed by atoms with Gasteiger partial charge in [0, 0.05) is 6.54 Å². The minimum Gasteiger partial charge on any atom is -0.215 e. The molecule has 0 atom stereocenters. The van der Waals surface area contributed by atoms with Gasteiger partial charge in [0.15, 0.2) is 0 Å². The second kappa shape index (κ2) is 3.85. The van der Waals surface area contributed by atoms with Crippen LogP contribution in [0.15, 0.2) is 0 Å². The van der Waals surface area contributed by atoms with E-state index < -0.39 is 10.0 Å². The Hall–Kier alpha value is -0.0900. The molecule has 0 aromatic carbocycles. The van der Waals surface area contributed by atoms with E-state index in [9.17, 15) is 8.42 Å². The summed E-state index contributed by atoms with van der Waals surface area (Å²) in [5, 5.41) is 0. The maximum Gasteiger partial charge on any atom is 0.212 e. The van der Waals surface area contributed by atoms with Crippen LogP contribution in [0.4, 0.5) is 0 Å². The van der Waals surface area contributed by atoms with Crippen LogP contribution in [0.25, 0.3) is 0 Å². The van der Waals surface area contributed by atoms with Crippen LogP contribution >= 0.6 is 0 Å². The standard InChI is InChI=1S/C5H12NO2S/c1-3-4-5-6-9(2,7)8/h6H,2-5H2,1H3. The van der Waals surface area contributed by atoms with Gasteiger partial charge in [-0.2, -0.15) is 0 Å². The molecule has 0 fully saturated rings. The van der Waals surface area contributed by atoms with Gasteiger partial charge in [-0.3, -0.25) is 0 Å². The first kappa shape index (κ1) is 8.91. The average molecular weight is 150 g/mol. The van der Waals surface area contributed by atoms with Gasteiger partial charge in [-0.15, -0.1) is 0 Å². The predicted molar refractivity (Wildman–Crippen MR) is 37.2 cm³/mol. The van der Waals surface area contributed by atoms with Crippen molar-refractivity contribution < 1.29 is 8.42 Å². The molecule has 0 saturated carbocycles. The third-order valence-corrected chi connectivity index (χ3v) is 1.50. The Morgan fingerprint density at radius 2 is 2.11 bits per heavy atom. The Bertz CT molecular complexity index is 150. The van der Waals surface area contributed by atoms with Gasteiger partial charge in [0.05, 0.1) is 6.26 Å². The van der Waals surface area contributed by atoms with Crippen molar-refractivity contribution in [2.24, 2.45) is 0 Å². The van der Waals surface area contributed by atoms with E-state index >= 15 is 0 Å². The van der Waals surface area contributed by atoms with Crippen LogP contribution in [0.5, 0.6) is 0 Å². The van der Waals surface area contributed by atoms with Gasteiger partial charge in [0.2, 0.25) is 10.0 Å². The topological polar surface area (TPSA) is 46.2 Å².